The lowest BCUT2D eigenvalue weighted by molar-refractivity contribution is 0.0962. The second-order valence-electron chi connectivity index (χ2n) is 5.87. The molecule has 3 rings (SSSR count). The number of hydrazine groups is 1. The van der Waals surface area contributed by atoms with Gasteiger partial charge in [0.05, 0.1) is 0 Å². The summed E-state index contributed by atoms with van der Waals surface area (Å²) >= 11 is 0. The Morgan fingerprint density at radius 2 is 1.73 bits per heavy atom. The highest BCUT2D eigenvalue weighted by Crippen LogP contribution is 2.27. The average Bonchev–Trinajstić information content (AvgIpc) is 2.66. The largest absolute Gasteiger partial charge is 0.393 e. The first-order valence-electron chi connectivity index (χ1n) is 8.11. The fourth-order valence-corrected chi connectivity index (χ4v) is 2.37. The molecule has 0 saturated heterocycles. The van der Waals surface area contributed by atoms with Gasteiger partial charge in [0, 0.05) is 11.3 Å². The Bertz CT molecular complexity index is 927. The van der Waals surface area contributed by atoms with Crippen LogP contribution in [0.15, 0.2) is 54.9 Å². The molecule has 0 saturated carbocycles. The van der Waals surface area contributed by atoms with Crippen molar-refractivity contribution in [2.75, 3.05) is 16.5 Å². The molecule has 0 aliphatic rings. The van der Waals surface area contributed by atoms with Gasteiger partial charge < -0.3 is 11.1 Å². The maximum absolute atomic E-state index is 12.1. The molecule has 7 nitrogen and oxygen atoms in total. The second kappa shape index (κ2) is 7.52. The van der Waals surface area contributed by atoms with Crippen LogP contribution in [0.5, 0.6) is 0 Å². The van der Waals surface area contributed by atoms with E-state index in [-0.39, 0.29) is 5.91 Å². The van der Waals surface area contributed by atoms with Crippen LogP contribution in [0.4, 0.5) is 23.0 Å². The van der Waals surface area contributed by atoms with Crippen LogP contribution in [0.25, 0.3) is 0 Å². The molecule has 0 bridgehead atoms. The Kier molecular flexibility index (Phi) is 4.98. The molecule has 0 aliphatic carbocycles. The predicted octanol–water partition coefficient (Wildman–Crippen LogP) is 3.18. The molecule has 2 aromatic carbocycles. The number of hydrogen-bond donors (Lipinski definition) is 4. The number of anilines is 4. The van der Waals surface area contributed by atoms with Gasteiger partial charge in [-0.1, -0.05) is 30.3 Å². The lowest BCUT2D eigenvalue weighted by Crippen LogP contribution is -2.30. The summed E-state index contributed by atoms with van der Waals surface area (Å²) in [5.74, 6) is 0.495. The number of rotatable bonds is 5. The van der Waals surface area contributed by atoms with Gasteiger partial charge in [-0.2, -0.15) is 0 Å². The van der Waals surface area contributed by atoms with E-state index in [0.717, 1.165) is 16.8 Å². The third kappa shape index (κ3) is 3.89. The Labute approximate surface area is 151 Å². The molecule has 26 heavy (non-hydrogen) atoms. The highest BCUT2D eigenvalue weighted by molar-refractivity contribution is 5.95. The maximum Gasteiger partial charge on any atom is 0.269 e. The van der Waals surface area contributed by atoms with Crippen LogP contribution >= 0.6 is 0 Å². The number of nitrogen functional groups attached to an aromatic ring is 1. The molecule has 0 spiro atoms. The lowest BCUT2D eigenvalue weighted by Gasteiger charge is -2.14. The Balaban J connectivity index is 1.75. The van der Waals surface area contributed by atoms with E-state index < -0.39 is 0 Å². The van der Waals surface area contributed by atoms with E-state index in [1.165, 1.54) is 6.33 Å². The van der Waals surface area contributed by atoms with E-state index in [4.69, 9.17) is 5.73 Å². The van der Waals surface area contributed by atoms with E-state index in [9.17, 15) is 4.79 Å². The number of amides is 1. The molecule has 1 heterocycles. The quantitative estimate of drug-likeness (QED) is 0.528. The van der Waals surface area contributed by atoms with Gasteiger partial charge in [0.2, 0.25) is 0 Å². The first-order chi connectivity index (χ1) is 12.5. The zero-order valence-electron chi connectivity index (χ0n) is 14.6. The van der Waals surface area contributed by atoms with Crippen molar-refractivity contribution in [1.29, 1.82) is 0 Å². The molecule has 0 fully saturated rings. The summed E-state index contributed by atoms with van der Waals surface area (Å²) in [5, 5.41) is 3.21. The van der Waals surface area contributed by atoms with Crippen LogP contribution in [0, 0.1) is 13.8 Å². The summed E-state index contributed by atoms with van der Waals surface area (Å²) in [6, 6.07) is 14.9. The average molecular weight is 348 g/mol. The van der Waals surface area contributed by atoms with Crippen molar-refractivity contribution in [1.82, 2.24) is 15.4 Å². The molecular formula is C19H20N6O. The number of nitrogens with two attached hydrogens (primary N) is 1. The van der Waals surface area contributed by atoms with Crippen molar-refractivity contribution >= 4 is 28.9 Å². The highest BCUT2D eigenvalue weighted by Gasteiger charge is 2.11. The van der Waals surface area contributed by atoms with Crippen LogP contribution in [0.2, 0.25) is 0 Å². The normalized spacial score (nSPS) is 10.2. The van der Waals surface area contributed by atoms with Crippen molar-refractivity contribution in [2.45, 2.75) is 13.8 Å². The Hall–Kier alpha value is -3.61. The summed E-state index contributed by atoms with van der Waals surface area (Å²) in [5.41, 5.74) is 15.4. The fourth-order valence-electron chi connectivity index (χ4n) is 2.37. The molecule has 0 atom stereocenters. The van der Waals surface area contributed by atoms with E-state index >= 15 is 0 Å². The first kappa shape index (κ1) is 17.2. The van der Waals surface area contributed by atoms with Gasteiger partial charge in [-0.05, 0) is 43.2 Å². The maximum atomic E-state index is 12.1. The number of nitrogens with one attached hydrogen (secondary N) is 3. The van der Waals surface area contributed by atoms with Gasteiger partial charge in [-0.25, -0.2) is 9.97 Å². The van der Waals surface area contributed by atoms with E-state index in [2.05, 4.69) is 26.1 Å². The molecule has 1 amide bonds. The fraction of sp³-hybridized carbons (Fsp3) is 0.105. The van der Waals surface area contributed by atoms with Gasteiger partial charge in [-0.3, -0.25) is 15.6 Å². The minimum Gasteiger partial charge on any atom is -0.393 e. The van der Waals surface area contributed by atoms with Crippen molar-refractivity contribution in [3.05, 3.63) is 71.5 Å². The number of nitrogens with zero attached hydrogens (tertiary/aromatic N) is 2. The van der Waals surface area contributed by atoms with Crippen LogP contribution in [-0.4, -0.2) is 15.9 Å². The topological polar surface area (TPSA) is 105 Å². The number of hydrogen-bond acceptors (Lipinski definition) is 6. The monoisotopic (exact) mass is 348 g/mol. The third-order valence-corrected chi connectivity index (χ3v) is 3.86. The molecule has 5 N–H and O–H groups in total. The molecule has 0 unspecified atom stereocenters. The van der Waals surface area contributed by atoms with Crippen LogP contribution in [0.1, 0.15) is 21.5 Å². The van der Waals surface area contributed by atoms with Crippen LogP contribution in [-0.2, 0) is 0 Å². The molecule has 3 aromatic rings. The van der Waals surface area contributed by atoms with E-state index in [0.29, 0.717) is 22.9 Å². The van der Waals surface area contributed by atoms with Crippen molar-refractivity contribution in [3.63, 3.8) is 0 Å². The minimum absolute atomic E-state index is 0.285. The van der Waals surface area contributed by atoms with Gasteiger partial charge in [-0.15, -0.1) is 0 Å². The van der Waals surface area contributed by atoms with Gasteiger partial charge in [0.15, 0.2) is 11.6 Å². The number of aryl methyl sites for hydroxylation is 2. The van der Waals surface area contributed by atoms with Gasteiger partial charge >= 0.3 is 0 Å². The van der Waals surface area contributed by atoms with Crippen molar-refractivity contribution < 1.29 is 4.79 Å². The van der Waals surface area contributed by atoms with E-state index in [1.54, 1.807) is 24.3 Å². The minimum atomic E-state index is -0.285. The lowest BCUT2D eigenvalue weighted by atomic mass is 10.1. The summed E-state index contributed by atoms with van der Waals surface area (Å²) in [6.07, 6.45) is 1.38. The summed E-state index contributed by atoms with van der Waals surface area (Å²) in [6.45, 7) is 4.01. The highest BCUT2D eigenvalue weighted by atomic mass is 16.2. The first-order valence-corrected chi connectivity index (χ1v) is 8.11. The molecular weight excluding hydrogens is 328 g/mol. The Morgan fingerprint density at radius 3 is 2.50 bits per heavy atom. The third-order valence-electron chi connectivity index (χ3n) is 3.86. The molecule has 0 radical (unpaired) electrons. The van der Waals surface area contributed by atoms with Crippen molar-refractivity contribution in [3.8, 4) is 0 Å². The number of benzene rings is 2. The Morgan fingerprint density at radius 1 is 1.00 bits per heavy atom. The number of carbonyl (C=O) groups excluding carboxylic acids is 1. The molecule has 1 aromatic heterocycles. The van der Waals surface area contributed by atoms with E-state index in [1.807, 2.05) is 38.1 Å². The summed E-state index contributed by atoms with van der Waals surface area (Å²) < 4.78 is 0. The zero-order valence-corrected chi connectivity index (χ0v) is 14.6. The zero-order chi connectivity index (χ0) is 18.5. The SMILES string of the molecule is Cc1ccc(C)c(Nc2ncnc(NNC(=O)c3ccccc3)c2N)c1. The predicted molar refractivity (Wildman–Crippen MR) is 103 cm³/mol. The second-order valence-corrected chi connectivity index (χ2v) is 5.87. The van der Waals surface area contributed by atoms with Gasteiger partial charge in [0.25, 0.3) is 5.91 Å². The smallest absolute Gasteiger partial charge is 0.269 e. The number of carbonyl (C=O) groups is 1. The molecule has 0 aliphatic heterocycles. The van der Waals surface area contributed by atoms with Crippen LogP contribution < -0.4 is 21.9 Å². The van der Waals surface area contributed by atoms with Gasteiger partial charge in [0.1, 0.15) is 12.0 Å². The molecule has 7 heteroatoms. The number of aromatic nitrogens is 2. The van der Waals surface area contributed by atoms with Crippen LogP contribution in [0.3, 0.4) is 0 Å². The summed E-state index contributed by atoms with van der Waals surface area (Å²) in [7, 11) is 0. The molecule has 132 valence electrons. The standard InChI is InChI=1S/C19H20N6O/c1-12-8-9-13(2)15(10-12)23-17-16(20)18(22-11-21-17)24-25-19(26)14-6-4-3-5-7-14/h3-11H,20H2,1-2H3,(H,25,26)(H2,21,22,23,24). The van der Waals surface area contributed by atoms with Crippen molar-refractivity contribution in [2.24, 2.45) is 0 Å². The summed E-state index contributed by atoms with van der Waals surface area (Å²) in [4.78, 5) is 20.4.